The summed E-state index contributed by atoms with van der Waals surface area (Å²) in [5.74, 6) is 0.803. The van der Waals surface area contributed by atoms with Gasteiger partial charge < -0.3 is 10.0 Å². The van der Waals surface area contributed by atoms with Gasteiger partial charge in [0.25, 0.3) is 5.91 Å². The minimum atomic E-state index is -0.437. The molecule has 0 radical (unpaired) electrons. The Balaban J connectivity index is 1.42. The summed E-state index contributed by atoms with van der Waals surface area (Å²) in [7, 11) is 0. The summed E-state index contributed by atoms with van der Waals surface area (Å²) in [4.78, 5) is 19.9. The zero-order chi connectivity index (χ0) is 17.9. The summed E-state index contributed by atoms with van der Waals surface area (Å²) in [5, 5.41) is 20.0. The van der Waals surface area contributed by atoms with E-state index in [1.54, 1.807) is 46.9 Å². The molecule has 1 aliphatic rings. The maximum atomic E-state index is 12.8. The highest BCUT2D eigenvalue weighted by Gasteiger charge is 2.29. The summed E-state index contributed by atoms with van der Waals surface area (Å²) in [6.45, 7) is 1.30. The molecule has 3 aromatic rings. The number of pyridine rings is 1. The Morgan fingerprint density at radius 3 is 2.69 bits per heavy atom. The number of rotatable bonds is 4. The zero-order valence-electron chi connectivity index (χ0n) is 14.1. The number of thiophene rings is 1. The normalized spacial score (nSPS) is 16.6. The van der Waals surface area contributed by atoms with Crippen molar-refractivity contribution in [2.75, 3.05) is 13.1 Å². The molecule has 0 aromatic carbocycles. The largest absolute Gasteiger partial charge is 0.387 e. The van der Waals surface area contributed by atoms with Crippen LogP contribution in [0.2, 0.25) is 0 Å². The Morgan fingerprint density at radius 1 is 1.23 bits per heavy atom. The minimum absolute atomic E-state index is 0.00853. The van der Waals surface area contributed by atoms with E-state index in [0.29, 0.717) is 24.5 Å². The summed E-state index contributed by atoms with van der Waals surface area (Å²) in [5.41, 5.74) is 0.598. The van der Waals surface area contributed by atoms with Crippen molar-refractivity contribution in [2.24, 2.45) is 5.92 Å². The fraction of sp³-hybridized carbons (Fsp3) is 0.333. The van der Waals surface area contributed by atoms with Gasteiger partial charge in [-0.05, 0) is 42.3 Å². The Labute approximate surface area is 154 Å². The third-order valence-electron chi connectivity index (χ3n) is 4.78. The van der Waals surface area contributed by atoms with Crippen molar-refractivity contribution in [3.8, 4) is 5.82 Å². The molecular formula is C18H19N5O2S. The molecule has 1 fully saturated rings. The molecule has 0 saturated carbocycles. The number of likely N-dealkylation sites (tertiary alicyclic amines) is 1. The van der Waals surface area contributed by atoms with Crippen molar-refractivity contribution >= 4 is 17.2 Å². The van der Waals surface area contributed by atoms with Crippen molar-refractivity contribution in [3.05, 3.63) is 58.9 Å². The monoisotopic (exact) mass is 369 g/mol. The van der Waals surface area contributed by atoms with Crippen LogP contribution in [-0.2, 0) is 0 Å². The number of hydrogen-bond acceptors (Lipinski definition) is 6. The van der Waals surface area contributed by atoms with Gasteiger partial charge in [-0.3, -0.25) is 9.36 Å². The van der Waals surface area contributed by atoms with Crippen molar-refractivity contribution in [2.45, 2.75) is 18.9 Å². The molecule has 1 amide bonds. The number of carbonyl (C=O) groups excluding carboxylic acids is 1. The molecule has 0 aliphatic carbocycles. The first-order valence-electron chi connectivity index (χ1n) is 8.54. The van der Waals surface area contributed by atoms with Crippen LogP contribution in [0.15, 0.2) is 48.5 Å². The molecule has 4 rings (SSSR count). The first kappa shape index (κ1) is 16.9. The Kier molecular flexibility index (Phi) is 4.77. The number of aromatic nitrogens is 4. The molecule has 0 unspecified atom stereocenters. The van der Waals surface area contributed by atoms with Crippen LogP contribution in [0.4, 0.5) is 0 Å². The number of nitrogens with zero attached hydrogens (tertiary/aromatic N) is 5. The Bertz CT molecular complexity index is 858. The van der Waals surface area contributed by atoms with Gasteiger partial charge in [-0.2, -0.15) is 0 Å². The van der Waals surface area contributed by atoms with Gasteiger partial charge in [-0.15, -0.1) is 21.5 Å². The molecule has 7 nitrogen and oxygen atoms in total. The van der Waals surface area contributed by atoms with Crippen LogP contribution in [0.25, 0.3) is 5.82 Å². The maximum absolute atomic E-state index is 12.8. The molecule has 4 heterocycles. The van der Waals surface area contributed by atoms with Gasteiger partial charge in [0.1, 0.15) is 18.5 Å². The van der Waals surface area contributed by atoms with E-state index in [0.717, 1.165) is 17.7 Å². The lowest BCUT2D eigenvalue weighted by atomic mass is 9.90. The molecule has 0 spiro atoms. The van der Waals surface area contributed by atoms with E-state index in [-0.39, 0.29) is 11.8 Å². The first-order chi connectivity index (χ1) is 12.7. The minimum Gasteiger partial charge on any atom is -0.387 e. The van der Waals surface area contributed by atoms with Crippen molar-refractivity contribution in [3.63, 3.8) is 0 Å². The summed E-state index contributed by atoms with van der Waals surface area (Å²) >= 11 is 1.58. The van der Waals surface area contributed by atoms with E-state index in [2.05, 4.69) is 15.2 Å². The highest BCUT2D eigenvalue weighted by molar-refractivity contribution is 7.10. The van der Waals surface area contributed by atoms with Gasteiger partial charge in [-0.25, -0.2) is 4.98 Å². The number of hydrogen-bond donors (Lipinski definition) is 1. The molecule has 26 heavy (non-hydrogen) atoms. The quantitative estimate of drug-likeness (QED) is 0.763. The van der Waals surface area contributed by atoms with Gasteiger partial charge in [0.05, 0.1) is 6.10 Å². The fourth-order valence-corrected chi connectivity index (χ4v) is 4.11. The molecule has 8 heteroatoms. The van der Waals surface area contributed by atoms with Crippen LogP contribution in [0.3, 0.4) is 0 Å². The molecule has 134 valence electrons. The van der Waals surface area contributed by atoms with Crippen molar-refractivity contribution in [1.29, 1.82) is 0 Å². The first-order valence-corrected chi connectivity index (χ1v) is 9.42. The van der Waals surface area contributed by atoms with Gasteiger partial charge in [-0.1, -0.05) is 6.07 Å². The van der Waals surface area contributed by atoms with Crippen LogP contribution in [0.1, 0.15) is 34.2 Å². The lowest BCUT2D eigenvalue weighted by Gasteiger charge is -2.34. The summed E-state index contributed by atoms with van der Waals surface area (Å²) in [6.07, 6.45) is 5.88. The van der Waals surface area contributed by atoms with Gasteiger partial charge in [0.2, 0.25) is 0 Å². The number of amides is 1. The van der Waals surface area contributed by atoms with E-state index < -0.39 is 6.10 Å². The average molecular weight is 369 g/mol. The molecule has 1 saturated heterocycles. The molecule has 1 N–H and O–H groups in total. The lowest BCUT2D eigenvalue weighted by Crippen LogP contribution is -2.39. The fourth-order valence-electron chi connectivity index (χ4n) is 3.30. The van der Waals surface area contributed by atoms with Crippen LogP contribution < -0.4 is 0 Å². The second-order valence-corrected chi connectivity index (χ2v) is 7.34. The molecule has 3 aromatic heterocycles. The molecule has 0 bridgehead atoms. The Morgan fingerprint density at radius 2 is 2.00 bits per heavy atom. The van der Waals surface area contributed by atoms with Crippen molar-refractivity contribution in [1.82, 2.24) is 24.6 Å². The standard InChI is InChI=1S/C18H19N5O2S/c24-17(15-2-1-9-26-15)13-4-7-22(8-5-13)18(25)14-3-6-19-16(10-14)23-11-20-21-12-23/h1-3,6,9-13,17,24H,4-5,7-8H2/t17-/m0/s1. The van der Waals surface area contributed by atoms with E-state index in [1.165, 1.54) is 0 Å². The van der Waals surface area contributed by atoms with E-state index in [4.69, 9.17) is 0 Å². The van der Waals surface area contributed by atoms with Gasteiger partial charge in [0, 0.05) is 29.7 Å². The third kappa shape index (κ3) is 3.38. The average Bonchev–Trinajstić information content (AvgIpc) is 3.41. The number of aliphatic hydroxyl groups excluding tert-OH is 1. The van der Waals surface area contributed by atoms with Gasteiger partial charge >= 0.3 is 0 Å². The summed E-state index contributed by atoms with van der Waals surface area (Å²) < 4.78 is 1.67. The molecule has 1 atom stereocenters. The van der Waals surface area contributed by atoms with Crippen LogP contribution in [0.5, 0.6) is 0 Å². The maximum Gasteiger partial charge on any atom is 0.254 e. The predicted octanol–water partition coefficient (Wildman–Crippen LogP) is 2.31. The highest BCUT2D eigenvalue weighted by Crippen LogP contribution is 2.33. The SMILES string of the molecule is O=C(c1ccnc(-n2cnnc2)c1)N1CCC([C@H](O)c2cccs2)CC1. The molecule has 1 aliphatic heterocycles. The van der Waals surface area contributed by atoms with Gasteiger partial charge in [0.15, 0.2) is 0 Å². The topological polar surface area (TPSA) is 84.1 Å². The predicted molar refractivity (Wildman–Crippen MR) is 97.1 cm³/mol. The van der Waals surface area contributed by atoms with Crippen LogP contribution in [0, 0.1) is 5.92 Å². The van der Waals surface area contributed by atoms with E-state index in [9.17, 15) is 9.90 Å². The van der Waals surface area contributed by atoms with Crippen LogP contribution >= 0.6 is 11.3 Å². The third-order valence-corrected chi connectivity index (χ3v) is 5.73. The second-order valence-electron chi connectivity index (χ2n) is 6.36. The number of aliphatic hydroxyl groups is 1. The lowest BCUT2D eigenvalue weighted by molar-refractivity contribution is 0.0474. The highest BCUT2D eigenvalue weighted by atomic mass is 32.1. The number of piperidine rings is 1. The van der Waals surface area contributed by atoms with E-state index >= 15 is 0 Å². The second kappa shape index (κ2) is 7.35. The Hall–Kier alpha value is -2.58. The van der Waals surface area contributed by atoms with E-state index in [1.807, 2.05) is 22.4 Å². The molecular weight excluding hydrogens is 350 g/mol. The summed E-state index contributed by atoms with van der Waals surface area (Å²) in [6, 6.07) is 7.40. The van der Waals surface area contributed by atoms with Crippen molar-refractivity contribution < 1.29 is 9.90 Å². The smallest absolute Gasteiger partial charge is 0.254 e. The number of carbonyl (C=O) groups is 1. The zero-order valence-corrected chi connectivity index (χ0v) is 14.9. The van der Waals surface area contributed by atoms with Crippen LogP contribution in [-0.4, -0.2) is 48.8 Å².